The van der Waals surface area contributed by atoms with Gasteiger partial charge >= 0.3 is 0 Å². The molecule has 0 aliphatic heterocycles. The molecule has 2 aliphatic carbocycles. The van der Waals surface area contributed by atoms with E-state index in [9.17, 15) is 4.79 Å². The Morgan fingerprint density at radius 2 is 2.20 bits per heavy atom. The van der Waals surface area contributed by atoms with Crippen molar-refractivity contribution in [3.63, 3.8) is 0 Å². The highest BCUT2D eigenvalue weighted by Crippen LogP contribution is 2.33. The van der Waals surface area contributed by atoms with Gasteiger partial charge < -0.3 is 10.0 Å². The Hall–Kier alpha value is -0.870. The first-order valence-corrected chi connectivity index (χ1v) is 8.10. The molecule has 4 heteroatoms. The Balaban J connectivity index is 1.94. The summed E-state index contributed by atoms with van der Waals surface area (Å²) in [5, 5.41) is 8.92. The predicted molar refractivity (Wildman–Crippen MR) is 80.2 cm³/mol. The summed E-state index contributed by atoms with van der Waals surface area (Å²) in [6.45, 7) is 4.43. The van der Waals surface area contributed by atoms with E-state index in [0.29, 0.717) is 12.6 Å². The molecular weight excluding hydrogens is 252 g/mol. The smallest absolute Gasteiger partial charge is 0.241 e. The maximum absolute atomic E-state index is 12.6. The summed E-state index contributed by atoms with van der Waals surface area (Å²) in [5.41, 5.74) is 1.27. The van der Waals surface area contributed by atoms with Crippen molar-refractivity contribution in [2.75, 3.05) is 26.2 Å². The average Bonchev–Trinajstić information content (AvgIpc) is 3.29. The first kappa shape index (κ1) is 15.5. The minimum Gasteiger partial charge on any atom is -0.396 e. The van der Waals surface area contributed by atoms with Crippen molar-refractivity contribution in [3.05, 3.63) is 11.8 Å². The molecule has 0 unspecified atom stereocenters. The molecule has 0 saturated heterocycles. The molecule has 1 saturated carbocycles. The fourth-order valence-corrected chi connectivity index (χ4v) is 2.88. The van der Waals surface area contributed by atoms with E-state index in [1.165, 1.54) is 18.5 Å². The minimum absolute atomic E-state index is 0.197. The Morgan fingerprint density at radius 3 is 2.75 bits per heavy atom. The SMILES string of the molecule is CCN(CCCO)CC(=O)N(C1=CCCCC1)C1CC1. The van der Waals surface area contributed by atoms with Crippen molar-refractivity contribution in [2.24, 2.45) is 0 Å². The third-order valence-corrected chi connectivity index (χ3v) is 4.20. The summed E-state index contributed by atoms with van der Waals surface area (Å²) in [4.78, 5) is 16.9. The number of likely N-dealkylation sites (N-methyl/N-ethyl adjacent to an activating group) is 1. The largest absolute Gasteiger partial charge is 0.396 e. The minimum atomic E-state index is 0.197. The van der Waals surface area contributed by atoms with Crippen LogP contribution in [-0.4, -0.2) is 53.1 Å². The van der Waals surface area contributed by atoms with E-state index < -0.39 is 0 Å². The van der Waals surface area contributed by atoms with Crippen LogP contribution in [0.4, 0.5) is 0 Å². The van der Waals surface area contributed by atoms with Gasteiger partial charge in [-0.15, -0.1) is 0 Å². The summed E-state index contributed by atoms with van der Waals surface area (Å²) in [5.74, 6) is 0.250. The Bertz CT molecular complexity index is 350. The maximum Gasteiger partial charge on any atom is 0.241 e. The third-order valence-electron chi connectivity index (χ3n) is 4.20. The van der Waals surface area contributed by atoms with Gasteiger partial charge in [0, 0.05) is 24.9 Å². The normalized spacial score (nSPS) is 19.1. The second-order valence-corrected chi connectivity index (χ2v) is 5.88. The van der Waals surface area contributed by atoms with Gasteiger partial charge in [0.2, 0.25) is 5.91 Å². The van der Waals surface area contributed by atoms with Crippen LogP contribution >= 0.6 is 0 Å². The molecule has 0 aromatic rings. The predicted octanol–water partition coefficient (Wildman–Crippen LogP) is 2.14. The zero-order chi connectivity index (χ0) is 14.4. The summed E-state index contributed by atoms with van der Waals surface area (Å²) in [7, 11) is 0. The zero-order valence-electron chi connectivity index (χ0n) is 12.7. The van der Waals surface area contributed by atoms with Crippen molar-refractivity contribution >= 4 is 5.91 Å². The number of nitrogens with zero attached hydrogens (tertiary/aromatic N) is 2. The number of aliphatic hydroxyl groups excluding tert-OH is 1. The van der Waals surface area contributed by atoms with Gasteiger partial charge in [-0.1, -0.05) is 13.0 Å². The van der Waals surface area contributed by atoms with Gasteiger partial charge in [-0.2, -0.15) is 0 Å². The van der Waals surface area contributed by atoms with Crippen molar-refractivity contribution in [1.82, 2.24) is 9.80 Å². The Morgan fingerprint density at radius 1 is 1.40 bits per heavy atom. The van der Waals surface area contributed by atoms with E-state index in [4.69, 9.17) is 5.11 Å². The standard InChI is InChI=1S/C16H28N2O2/c1-2-17(11-6-12-19)13-16(20)18(15-9-10-15)14-7-4-3-5-8-14/h7,15,19H,2-6,8-13H2,1H3. The topological polar surface area (TPSA) is 43.8 Å². The zero-order valence-corrected chi connectivity index (χ0v) is 12.7. The monoisotopic (exact) mass is 280 g/mol. The van der Waals surface area contributed by atoms with E-state index in [-0.39, 0.29) is 12.5 Å². The Labute approximate surface area is 122 Å². The lowest BCUT2D eigenvalue weighted by Gasteiger charge is -2.30. The highest BCUT2D eigenvalue weighted by atomic mass is 16.3. The highest BCUT2D eigenvalue weighted by molar-refractivity contribution is 5.80. The number of hydrogen-bond acceptors (Lipinski definition) is 3. The fourth-order valence-electron chi connectivity index (χ4n) is 2.88. The van der Waals surface area contributed by atoms with Gasteiger partial charge in [0.15, 0.2) is 0 Å². The van der Waals surface area contributed by atoms with Crippen molar-refractivity contribution in [1.29, 1.82) is 0 Å². The van der Waals surface area contributed by atoms with Gasteiger partial charge in [-0.3, -0.25) is 9.69 Å². The van der Waals surface area contributed by atoms with Crippen LogP contribution in [0, 0.1) is 0 Å². The van der Waals surface area contributed by atoms with Gasteiger partial charge in [0.25, 0.3) is 0 Å². The molecule has 0 bridgehead atoms. The molecule has 1 fully saturated rings. The number of carbonyl (C=O) groups is 1. The average molecular weight is 280 g/mol. The summed E-state index contributed by atoms with van der Waals surface area (Å²) in [6.07, 6.45) is 9.98. The summed E-state index contributed by atoms with van der Waals surface area (Å²) >= 11 is 0. The molecule has 1 N–H and O–H groups in total. The molecule has 0 aromatic heterocycles. The Kier molecular flexibility index (Phi) is 6.05. The molecule has 2 rings (SSSR count). The van der Waals surface area contributed by atoms with Crippen LogP contribution in [0.15, 0.2) is 11.8 Å². The number of allylic oxidation sites excluding steroid dienone is 2. The molecule has 4 nitrogen and oxygen atoms in total. The van der Waals surface area contributed by atoms with Crippen molar-refractivity contribution < 1.29 is 9.90 Å². The van der Waals surface area contributed by atoms with Crippen LogP contribution in [0.1, 0.15) is 51.9 Å². The van der Waals surface area contributed by atoms with Crippen LogP contribution in [0.25, 0.3) is 0 Å². The number of hydrogen-bond donors (Lipinski definition) is 1. The highest BCUT2D eigenvalue weighted by Gasteiger charge is 2.35. The number of carbonyl (C=O) groups excluding carboxylic acids is 1. The fraction of sp³-hybridized carbons (Fsp3) is 0.812. The quantitative estimate of drug-likeness (QED) is 0.741. The van der Waals surface area contributed by atoms with E-state index >= 15 is 0 Å². The van der Waals surface area contributed by atoms with Crippen molar-refractivity contribution in [3.8, 4) is 0 Å². The van der Waals surface area contributed by atoms with Gasteiger partial charge in [-0.25, -0.2) is 0 Å². The van der Waals surface area contributed by atoms with E-state index in [1.54, 1.807) is 0 Å². The van der Waals surface area contributed by atoms with E-state index in [1.807, 2.05) is 0 Å². The molecule has 0 spiro atoms. The molecule has 20 heavy (non-hydrogen) atoms. The van der Waals surface area contributed by atoms with Crippen LogP contribution in [0.3, 0.4) is 0 Å². The lowest BCUT2D eigenvalue weighted by molar-refractivity contribution is -0.131. The molecule has 0 radical (unpaired) electrons. The second-order valence-electron chi connectivity index (χ2n) is 5.88. The third kappa shape index (κ3) is 4.32. The lowest BCUT2D eigenvalue weighted by Crippen LogP contribution is -2.41. The molecule has 0 aromatic carbocycles. The molecule has 0 heterocycles. The van der Waals surface area contributed by atoms with Gasteiger partial charge in [0.1, 0.15) is 0 Å². The first-order chi connectivity index (χ1) is 9.76. The van der Waals surface area contributed by atoms with E-state index in [2.05, 4.69) is 22.8 Å². The molecule has 0 atom stereocenters. The number of aliphatic hydroxyl groups is 1. The molecule has 2 aliphatic rings. The number of amides is 1. The van der Waals surface area contributed by atoms with Crippen LogP contribution in [-0.2, 0) is 4.79 Å². The second kappa shape index (κ2) is 7.79. The van der Waals surface area contributed by atoms with Crippen LogP contribution in [0.5, 0.6) is 0 Å². The van der Waals surface area contributed by atoms with Gasteiger partial charge in [0.05, 0.1) is 6.54 Å². The van der Waals surface area contributed by atoms with Crippen molar-refractivity contribution in [2.45, 2.75) is 57.9 Å². The molecule has 114 valence electrons. The first-order valence-electron chi connectivity index (χ1n) is 8.10. The van der Waals surface area contributed by atoms with Crippen LogP contribution < -0.4 is 0 Å². The molecule has 1 amide bonds. The maximum atomic E-state index is 12.6. The summed E-state index contributed by atoms with van der Waals surface area (Å²) < 4.78 is 0. The lowest BCUT2D eigenvalue weighted by atomic mass is 10.0. The number of rotatable bonds is 8. The van der Waals surface area contributed by atoms with E-state index in [0.717, 1.165) is 45.2 Å². The van der Waals surface area contributed by atoms with Crippen LogP contribution in [0.2, 0.25) is 0 Å². The molecular formula is C16H28N2O2. The van der Waals surface area contributed by atoms with Gasteiger partial charge in [-0.05, 0) is 51.5 Å². The summed E-state index contributed by atoms with van der Waals surface area (Å²) in [6, 6.07) is 0.461.